The van der Waals surface area contributed by atoms with Crippen LogP contribution >= 0.6 is 0 Å². The maximum absolute atomic E-state index is 5.36. The lowest BCUT2D eigenvalue weighted by atomic mass is 10.0. The summed E-state index contributed by atoms with van der Waals surface area (Å²) >= 11 is 0. The number of hydrogen-bond acceptors (Lipinski definition) is 4. The van der Waals surface area contributed by atoms with Crippen molar-refractivity contribution in [2.24, 2.45) is 0 Å². The van der Waals surface area contributed by atoms with Crippen molar-refractivity contribution in [2.75, 3.05) is 31.6 Å². The Labute approximate surface area is 144 Å². The van der Waals surface area contributed by atoms with Crippen LogP contribution in [0, 0.1) is 0 Å². The molecule has 0 amide bonds. The van der Waals surface area contributed by atoms with E-state index in [2.05, 4.69) is 45.6 Å². The highest BCUT2D eigenvalue weighted by atomic mass is 16.5. The standard InChI is InChI=1S/C20H25N3O/c1-24-19-9-3-2-7-17(19)8-6-14-21-18-11-15-23(16-12-18)20-10-4-5-13-22-20/h2-10,13,18,21H,11-12,14-16H2,1H3. The maximum atomic E-state index is 5.36. The highest BCUT2D eigenvalue weighted by Gasteiger charge is 2.18. The van der Waals surface area contributed by atoms with Gasteiger partial charge in [-0.1, -0.05) is 36.4 Å². The molecule has 0 radical (unpaired) electrons. The van der Waals surface area contributed by atoms with Crippen LogP contribution in [0.3, 0.4) is 0 Å². The first-order chi connectivity index (χ1) is 11.9. The lowest BCUT2D eigenvalue weighted by Gasteiger charge is -2.33. The first-order valence-electron chi connectivity index (χ1n) is 8.56. The predicted molar refractivity (Wildman–Crippen MR) is 99.5 cm³/mol. The summed E-state index contributed by atoms with van der Waals surface area (Å²) in [5.41, 5.74) is 1.12. The van der Waals surface area contributed by atoms with Gasteiger partial charge in [-0.05, 0) is 31.0 Å². The minimum absolute atomic E-state index is 0.576. The number of aromatic nitrogens is 1. The Morgan fingerprint density at radius 2 is 1.96 bits per heavy atom. The average molecular weight is 323 g/mol. The third-order valence-corrected chi connectivity index (χ3v) is 4.43. The number of benzene rings is 1. The lowest BCUT2D eigenvalue weighted by molar-refractivity contribution is 0.414. The van der Waals surface area contributed by atoms with Gasteiger partial charge in [-0.25, -0.2) is 4.98 Å². The number of nitrogens with one attached hydrogen (secondary N) is 1. The molecule has 2 heterocycles. The molecule has 1 aromatic carbocycles. The van der Waals surface area contributed by atoms with E-state index in [-0.39, 0.29) is 0 Å². The van der Waals surface area contributed by atoms with Crippen LogP contribution < -0.4 is 15.0 Å². The number of anilines is 1. The first-order valence-corrected chi connectivity index (χ1v) is 8.56. The summed E-state index contributed by atoms with van der Waals surface area (Å²) in [7, 11) is 1.71. The molecule has 3 rings (SSSR count). The molecule has 1 saturated heterocycles. The van der Waals surface area contributed by atoms with Crippen molar-refractivity contribution in [3.63, 3.8) is 0 Å². The second-order valence-electron chi connectivity index (χ2n) is 6.00. The second-order valence-corrected chi connectivity index (χ2v) is 6.00. The van der Waals surface area contributed by atoms with Gasteiger partial charge < -0.3 is 15.0 Å². The van der Waals surface area contributed by atoms with Gasteiger partial charge in [-0.3, -0.25) is 0 Å². The van der Waals surface area contributed by atoms with Gasteiger partial charge in [-0.15, -0.1) is 0 Å². The van der Waals surface area contributed by atoms with E-state index in [1.807, 2.05) is 30.5 Å². The number of pyridine rings is 1. The van der Waals surface area contributed by atoms with E-state index in [1.54, 1.807) is 7.11 Å². The van der Waals surface area contributed by atoms with Gasteiger partial charge in [0.05, 0.1) is 7.11 Å². The molecule has 24 heavy (non-hydrogen) atoms. The smallest absolute Gasteiger partial charge is 0.128 e. The van der Waals surface area contributed by atoms with Gasteiger partial charge >= 0.3 is 0 Å². The zero-order valence-electron chi connectivity index (χ0n) is 14.2. The van der Waals surface area contributed by atoms with Crippen LogP contribution in [0.2, 0.25) is 0 Å². The molecule has 1 aliphatic rings. The molecule has 1 aliphatic heterocycles. The van der Waals surface area contributed by atoms with Gasteiger partial charge in [0, 0.05) is 37.4 Å². The molecule has 1 fully saturated rings. The topological polar surface area (TPSA) is 37.4 Å². The molecule has 4 heteroatoms. The molecule has 1 N–H and O–H groups in total. The van der Waals surface area contributed by atoms with Crippen molar-refractivity contribution in [2.45, 2.75) is 18.9 Å². The van der Waals surface area contributed by atoms with Crippen molar-refractivity contribution in [1.82, 2.24) is 10.3 Å². The molecule has 0 unspecified atom stereocenters. The summed E-state index contributed by atoms with van der Waals surface area (Å²) in [5, 5.41) is 3.63. The summed E-state index contributed by atoms with van der Waals surface area (Å²) in [6.45, 7) is 3.00. The number of hydrogen-bond donors (Lipinski definition) is 1. The fourth-order valence-electron chi connectivity index (χ4n) is 3.08. The van der Waals surface area contributed by atoms with E-state index >= 15 is 0 Å². The molecule has 0 saturated carbocycles. The third kappa shape index (κ3) is 4.36. The largest absolute Gasteiger partial charge is 0.496 e. The predicted octanol–water partition coefficient (Wildman–Crippen LogP) is 3.36. The Hall–Kier alpha value is -2.33. The second kappa shape index (κ2) is 8.50. The molecule has 126 valence electrons. The highest BCUT2D eigenvalue weighted by Crippen LogP contribution is 2.19. The highest BCUT2D eigenvalue weighted by molar-refractivity contribution is 5.57. The van der Waals surface area contributed by atoms with Crippen LogP contribution in [0.15, 0.2) is 54.7 Å². The van der Waals surface area contributed by atoms with E-state index in [9.17, 15) is 0 Å². The lowest BCUT2D eigenvalue weighted by Crippen LogP contribution is -2.42. The van der Waals surface area contributed by atoms with Crippen LogP contribution in [-0.2, 0) is 0 Å². The first kappa shape index (κ1) is 16.5. The van der Waals surface area contributed by atoms with Crippen molar-refractivity contribution >= 4 is 11.9 Å². The molecule has 4 nitrogen and oxygen atoms in total. The fourth-order valence-corrected chi connectivity index (χ4v) is 3.08. The minimum Gasteiger partial charge on any atom is -0.496 e. The third-order valence-electron chi connectivity index (χ3n) is 4.43. The summed E-state index contributed by atoms with van der Waals surface area (Å²) < 4.78 is 5.36. The number of para-hydroxylation sites is 1. The Morgan fingerprint density at radius 1 is 1.17 bits per heavy atom. The Bertz CT molecular complexity index is 649. The number of piperidine rings is 1. The SMILES string of the molecule is COc1ccccc1C=CCNC1CCN(c2ccccn2)CC1. The van der Waals surface area contributed by atoms with E-state index in [1.165, 1.54) is 0 Å². The molecule has 0 spiro atoms. The quantitative estimate of drug-likeness (QED) is 0.884. The molecular weight excluding hydrogens is 298 g/mol. The summed E-state index contributed by atoms with van der Waals surface area (Å²) in [6, 6.07) is 14.8. The Morgan fingerprint density at radius 3 is 2.71 bits per heavy atom. The van der Waals surface area contributed by atoms with Gasteiger partial charge in [0.2, 0.25) is 0 Å². The van der Waals surface area contributed by atoms with Gasteiger partial charge in [-0.2, -0.15) is 0 Å². The van der Waals surface area contributed by atoms with Crippen LogP contribution in [-0.4, -0.2) is 37.8 Å². The van der Waals surface area contributed by atoms with Crippen molar-refractivity contribution in [3.8, 4) is 5.75 Å². The Kier molecular flexibility index (Phi) is 5.85. The van der Waals surface area contributed by atoms with Gasteiger partial charge in [0.25, 0.3) is 0 Å². The van der Waals surface area contributed by atoms with E-state index < -0.39 is 0 Å². The molecule has 0 bridgehead atoms. The monoisotopic (exact) mass is 323 g/mol. The maximum Gasteiger partial charge on any atom is 0.128 e. The molecule has 0 aliphatic carbocycles. The van der Waals surface area contributed by atoms with Crippen molar-refractivity contribution < 1.29 is 4.74 Å². The zero-order valence-corrected chi connectivity index (χ0v) is 14.2. The summed E-state index contributed by atoms with van der Waals surface area (Å²) in [5.74, 6) is 2.00. The number of methoxy groups -OCH3 is 1. The van der Waals surface area contributed by atoms with E-state index in [4.69, 9.17) is 4.74 Å². The summed E-state index contributed by atoms with van der Waals surface area (Å²) in [6.07, 6.45) is 8.46. The van der Waals surface area contributed by atoms with Crippen molar-refractivity contribution in [1.29, 1.82) is 0 Å². The van der Waals surface area contributed by atoms with Crippen LogP contribution in [0.5, 0.6) is 5.75 Å². The molecule has 2 aromatic rings. The molecule has 1 aromatic heterocycles. The molecule has 0 atom stereocenters. The number of rotatable bonds is 6. The van der Waals surface area contributed by atoms with Gasteiger partial charge in [0.15, 0.2) is 0 Å². The average Bonchev–Trinajstić information content (AvgIpc) is 2.67. The fraction of sp³-hybridized carbons (Fsp3) is 0.350. The number of nitrogens with zero attached hydrogens (tertiary/aromatic N) is 2. The van der Waals surface area contributed by atoms with E-state index in [0.717, 1.165) is 49.6 Å². The minimum atomic E-state index is 0.576. The summed E-state index contributed by atoms with van der Waals surface area (Å²) in [4.78, 5) is 6.80. The van der Waals surface area contributed by atoms with Crippen LogP contribution in [0.4, 0.5) is 5.82 Å². The van der Waals surface area contributed by atoms with E-state index in [0.29, 0.717) is 6.04 Å². The Balaban J connectivity index is 1.43. The van der Waals surface area contributed by atoms with Crippen LogP contribution in [0.1, 0.15) is 18.4 Å². The number of ether oxygens (including phenoxy) is 1. The molecular formula is C20H25N3O. The van der Waals surface area contributed by atoms with Crippen molar-refractivity contribution in [3.05, 3.63) is 60.3 Å². The van der Waals surface area contributed by atoms with Crippen LogP contribution in [0.25, 0.3) is 6.08 Å². The van der Waals surface area contributed by atoms with Gasteiger partial charge in [0.1, 0.15) is 11.6 Å². The normalized spacial score (nSPS) is 15.8. The zero-order chi connectivity index (χ0) is 16.6.